The van der Waals surface area contributed by atoms with E-state index in [2.05, 4.69) is 55.0 Å². The highest BCUT2D eigenvalue weighted by Gasteiger charge is 2.35. The molecule has 0 radical (unpaired) electrons. The van der Waals surface area contributed by atoms with E-state index in [1.54, 1.807) is 0 Å². The molecule has 2 aromatic rings. The molecule has 0 aliphatic carbocycles. The van der Waals surface area contributed by atoms with Crippen molar-refractivity contribution in [1.82, 2.24) is 28.8 Å². The quantitative estimate of drug-likeness (QED) is 0.761. The number of aryl methyl sites for hydroxylation is 1. The summed E-state index contributed by atoms with van der Waals surface area (Å²) in [6, 6.07) is 4.36. The van der Waals surface area contributed by atoms with Crippen LogP contribution in [0.2, 0.25) is 0 Å². The van der Waals surface area contributed by atoms with E-state index in [1.165, 1.54) is 24.2 Å². The first-order valence-electron chi connectivity index (χ1n) is 11.4. The normalized spacial score (nSPS) is 25.8. The fourth-order valence-corrected chi connectivity index (χ4v) is 5.60. The molecule has 0 spiro atoms. The number of aromatic nitrogens is 3. The lowest BCUT2D eigenvalue weighted by molar-refractivity contribution is 0.112. The van der Waals surface area contributed by atoms with Crippen molar-refractivity contribution in [3.8, 4) is 0 Å². The Balaban J connectivity index is 1.32. The van der Waals surface area contributed by atoms with Crippen LogP contribution >= 0.6 is 0 Å². The summed E-state index contributed by atoms with van der Waals surface area (Å²) >= 11 is 0. The summed E-state index contributed by atoms with van der Waals surface area (Å²) in [5.74, 6) is 1.02. The third-order valence-corrected chi connectivity index (χ3v) is 7.27. The minimum Gasteiger partial charge on any atom is -0.337 e. The van der Waals surface area contributed by atoms with E-state index in [0.29, 0.717) is 11.8 Å². The molecule has 162 valence electrons. The number of hydrogen-bond donors (Lipinski definition) is 0. The highest BCUT2D eigenvalue weighted by molar-refractivity contribution is 5.22. The Morgan fingerprint density at radius 1 is 1.00 bits per heavy atom. The van der Waals surface area contributed by atoms with Crippen LogP contribution in [0, 0.1) is 5.92 Å². The molecular formula is C23H34N6O. The Labute approximate surface area is 178 Å². The lowest BCUT2D eigenvalue weighted by atomic mass is 9.83. The average molecular weight is 411 g/mol. The van der Waals surface area contributed by atoms with Gasteiger partial charge < -0.3 is 14.0 Å². The molecule has 0 amide bonds. The van der Waals surface area contributed by atoms with E-state index in [1.807, 2.05) is 12.5 Å². The summed E-state index contributed by atoms with van der Waals surface area (Å²) in [5, 5.41) is 0. The van der Waals surface area contributed by atoms with Gasteiger partial charge in [0.2, 0.25) is 0 Å². The van der Waals surface area contributed by atoms with Crippen LogP contribution in [0.5, 0.6) is 0 Å². The van der Waals surface area contributed by atoms with Crippen molar-refractivity contribution >= 4 is 0 Å². The molecule has 0 N–H and O–H groups in total. The molecule has 5 heterocycles. The summed E-state index contributed by atoms with van der Waals surface area (Å²) in [6.45, 7) is 9.05. The van der Waals surface area contributed by atoms with Crippen LogP contribution in [-0.4, -0.2) is 75.1 Å². The molecule has 2 aromatic heterocycles. The number of hydrogen-bond acceptors (Lipinski definition) is 5. The van der Waals surface area contributed by atoms with Crippen LogP contribution in [0.1, 0.15) is 35.7 Å². The first kappa shape index (κ1) is 20.0. The molecule has 7 heteroatoms. The predicted octanol–water partition coefficient (Wildman–Crippen LogP) is 1.34. The van der Waals surface area contributed by atoms with E-state index in [9.17, 15) is 4.79 Å². The fraction of sp³-hybridized carbons (Fsp3) is 0.652. The fourth-order valence-electron chi connectivity index (χ4n) is 5.60. The first-order valence-corrected chi connectivity index (χ1v) is 11.4. The number of pyridine rings is 1. The maximum Gasteiger partial charge on any atom is 0.255 e. The molecule has 30 heavy (non-hydrogen) atoms. The molecule has 0 saturated carbocycles. The monoisotopic (exact) mass is 410 g/mol. The van der Waals surface area contributed by atoms with Crippen molar-refractivity contribution in [2.75, 3.05) is 46.3 Å². The average Bonchev–Trinajstić information content (AvgIpc) is 3.00. The van der Waals surface area contributed by atoms with E-state index < -0.39 is 0 Å². The number of rotatable bonds is 4. The minimum atomic E-state index is 0.250. The van der Waals surface area contributed by atoms with Crippen LogP contribution in [-0.2, 0) is 26.7 Å². The number of fused-ring (bicyclic) bond motifs is 4. The highest BCUT2D eigenvalue weighted by Crippen LogP contribution is 2.35. The molecule has 0 aromatic carbocycles. The van der Waals surface area contributed by atoms with Crippen molar-refractivity contribution in [2.24, 2.45) is 13.0 Å². The molecule has 5 rings (SSSR count). The van der Waals surface area contributed by atoms with Crippen molar-refractivity contribution in [2.45, 2.75) is 38.4 Å². The van der Waals surface area contributed by atoms with Gasteiger partial charge in [0.25, 0.3) is 5.56 Å². The highest BCUT2D eigenvalue weighted by atomic mass is 16.1. The lowest BCUT2D eigenvalue weighted by Gasteiger charge is -2.43. The van der Waals surface area contributed by atoms with Crippen molar-refractivity contribution in [3.63, 3.8) is 0 Å². The molecule has 2 fully saturated rings. The summed E-state index contributed by atoms with van der Waals surface area (Å²) < 4.78 is 4.22. The number of likely N-dealkylation sites (tertiary alicyclic amines) is 1. The van der Waals surface area contributed by atoms with Gasteiger partial charge in [-0.15, -0.1) is 0 Å². The SMILES string of the molecule is CN1CCCN(Cc2ccc3n(c2=O)C[C@H]2C[C@@H]3CN(Cc3cncn3C)C2)CC1. The molecule has 0 unspecified atom stereocenters. The van der Waals surface area contributed by atoms with Gasteiger partial charge in [0.15, 0.2) is 0 Å². The van der Waals surface area contributed by atoms with Crippen LogP contribution in [0.25, 0.3) is 0 Å². The number of piperidine rings is 1. The maximum absolute atomic E-state index is 13.4. The second-order valence-corrected chi connectivity index (χ2v) is 9.62. The number of nitrogens with zero attached hydrogens (tertiary/aromatic N) is 6. The van der Waals surface area contributed by atoms with Crippen LogP contribution in [0.15, 0.2) is 29.5 Å². The Bertz CT molecular complexity index is 949. The third-order valence-electron chi connectivity index (χ3n) is 7.27. The zero-order valence-corrected chi connectivity index (χ0v) is 18.3. The van der Waals surface area contributed by atoms with Gasteiger partial charge in [-0.3, -0.25) is 14.6 Å². The van der Waals surface area contributed by atoms with Gasteiger partial charge in [0, 0.05) is 76.2 Å². The summed E-state index contributed by atoms with van der Waals surface area (Å²) in [7, 11) is 4.25. The van der Waals surface area contributed by atoms with Crippen molar-refractivity contribution < 1.29 is 0 Å². The third kappa shape index (κ3) is 3.98. The van der Waals surface area contributed by atoms with Gasteiger partial charge in [0.05, 0.1) is 12.0 Å². The van der Waals surface area contributed by atoms with Gasteiger partial charge in [-0.1, -0.05) is 6.07 Å². The van der Waals surface area contributed by atoms with E-state index in [4.69, 9.17) is 0 Å². The standard InChI is InChI=1S/C23H34N6O/c1-25-6-3-7-27(9-8-25)14-19-4-5-22-20-10-18(13-29(22)23(19)30)12-28(15-20)16-21-11-24-17-26(21)2/h4-5,11,17-18,20H,3,6-10,12-16H2,1-2H3/t18-,20+/m0/s1. The number of likely N-dealkylation sites (N-methyl/N-ethyl adjacent to an activating group) is 1. The van der Waals surface area contributed by atoms with Gasteiger partial charge >= 0.3 is 0 Å². The summed E-state index contributed by atoms with van der Waals surface area (Å²) in [6.07, 6.45) is 6.23. The van der Waals surface area contributed by atoms with E-state index in [-0.39, 0.29) is 5.56 Å². The molecular weight excluding hydrogens is 376 g/mol. The zero-order chi connectivity index (χ0) is 20.7. The largest absolute Gasteiger partial charge is 0.337 e. The topological polar surface area (TPSA) is 49.5 Å². The Morgan fingerprint density at radius 2 is 1.90 bits per heavy atom. The van der Waals surface area contributed by atoms with Gasteiger partial charge in [0.1, 0.15) is 0 Å². The second-order valence-electron chi connectivity index (χ2n) is 9.62. The number of imidazole rings is 1. The second kappa shape index (κ2) is 8.29. The maximum atomic E-state index is 13.4. The summed E-state index contributed by atoms with van der Waals surface area (Å²) in [4.78, 5) is 25.0. The van der Waals surface area contributed by atoms with Gasteiger partial charge in [-0.2, -0.15) is 0 Å². The minimum absolute atomic E-state index is 0.250. The lowest BCUT2D eigenvalue weighted by Crippen LogP contribution is -2.47. The van der Waals surface area contributed by atoms with Crippen LogP contribution in [0.4, 0.5) is 0 Å². The Morgan fingerprint density at radius 3 is 2.73 bits per heavy atom. The summed E-state index contributed by atoms with van der Waals surface area (Å²) in [5.41, 5.74) is 3.71. The molecule has 2 atom stereocenters. The Hall–Kier alpha value is -1.96. The first-order chi connectivity index (χ1) is 14.6. The molecule has 7 nitrogen and oxygen atoms in total. The van der Waals surface area contributed by atoms with Gasteiger partial charge in [-0.05, 0) is 45.0 Å². The smallest absolute Gasteiger partial charge is 0.255 e. The van der Waals surface area contributed by atoms with Gasteiger partial charge in [-0.25, -0.2) is 4.98 Å². The zero-order valence-electron chi connectivity index (χ0n) is 18.3. The van der Waals surface area contributed by atoms with Crippen LogP contribution in [0.3, 0.4) is 0 Å². The molecule has 3 aliphatic heterocycles. The van der Waals surface area contributed by atoms with E-state index >= 15 is 0 Å². The molecule has 3 aliphatic rings. The Kier molecular flexibility index (Phi) is 5.52. The molecule has 2 bridgehead atoms. The van der Waals surface area contributed by atoms with E-state index in [0.717, 1.165) is 64.5 Å². The van der Waals surface area contributed by atoms with Crippen LogP contribution < -0.4 is 5.56 Å². The van der Waals surface area contributed by atoms with Crippen molar-refractivity contribution in [1.29, 1.82) is 0 Å². The molecule has 2 saturated heterocycles. The predicted molar refractivity (Wildman–Crippen MR) is 117 cm³/mol. The van der Waals surface area contributed by atoms with Crippen molar-refractivity contribution in [3.05, 3.63) is 52.0 Å².